The van der Waals surface area contributed by atoms with Crippen molar-refractivity contribution in [3.05, 3.63) is 108 Å². The molecule has 0 amide bonds. The second-order valence-corrected chi connectivity index (χ2v) is 6.62. The van der Waals surface area contributed by atoms with Gasteiger partial charge in [-0.25, -0.2) is 0 Å². The van der Waals surface area contributed by atoms with Gasteiger partial charge in [-0.2, -0.15) is 5.06 Å². The molecule has 0 aromatic heterocycles. The maximum Gasteiger partial charge on any atom is 0.120 e. The molecule has 3 rings (SSSR count). The maximum atomic E-state index is 10.9. The Bertz CT molecular complexity index is 885. The van der Waals surface area contributed by atoms with Crippen molar-refractivity contribution in [3.63, 3.8) is 0 Å². The van der Waals surface area contributed by atoms with Gasteiger partial charge in [0.25, 0.3) is 0 Å². The Morgan fingerprint density at radius 2 is 1.43 bits per heavy atom. The Labute approximate surface area is 167 Å². The van der Waals surface area contributed by atoms with Crippen molar-refractivity contribution >= 4 is 0 Å². The molecule has 3 nitrogen and oxygen atoms in total. The average molecular weight is 371 g/mol. The number of hydrogen-bond acceptors (Lipinski definition) is 3. The van der Waals surface area contributed by atoms with E-state index < -0.39 is 6.04 Å². The third-order valence-electron chi connectivity index (χ3n) is 4.54. The van der Waals surface area contributed by atoms with Gasteiger partial charge in [-0.1, -0.05) is 90.7 Å². The van der Waals surface area contributed by atoms with Crippen molar-refractivity contribution in [1.29, 1.82) is 0 Å². The van der Waals surface area contributed by atoms with E-state index in [-0.39, 0.29) is 6.04 Å². The first-order valence-electron chi connectivity index (χ1n) is 9.44. The molecular formula is C25H25NO2. The summed E-state index contributed by atoms with van der Waals surface area (Å²) in [5.41, 5.74) is 3.04. The van der Waals surface area contributed by atoms with Crippen molar-refractivity contribution in [3.8, 4) is 11.8 Å². The third-order valence-corrected chi connectivity index (χ3v) is 4.54. The van der Waals surface area contributed by atoms with E-state index in [1.807, 2.05) is 97.9 Å². The van der Waals surface area contributed by atoms with Gasteiger partial charge in [-0.15, -0.1) is 0 Å². The Kier molecular flexibility index (Phi) is 7.40. The van der Waals surface area contributed by atoms with Gasteiger partial charge in [0.2, 0.25) is 0 Å². The van der Waals surface area contributed by atoms with E-state index in [0.29, 0.717) is 13.2 Å². The minimum atomic E-state index is -0.445. The number of rotatable bonds is 7. The highest BCUT2D eigenvalue weighted by Crippen LogP contribution is 2.20. The fourth-order valence-electron chi connectivity index (χ4n) is 2.89. The monoisotopic (exact) mass is 371 g/mol. The van der Waals surface area contributed by atoms with Crippen LogP contribution in [0, 0.1) is 11.8 Å². The molecule has 3 aromatic rings. The zero-order chi connectivity index (χ0) is 19.6. The Morgan fingerprint density at radius 3 is 2.07 bits per heavy atom. The lowest BCUT2D eigenvalue weighted by molar-refractivity contribution is -0.156. The Morgan fingerprint density at radius 1 is 0.857 bits per heavy atom. The van der Waals surface area contributed by atoms with Crippen LogP contribution in [0.4, 0.5) is 0 Å². The van der Waals surface area contributed by atoms with E-state index in [9.17, 15) is 5.21 Å². The number of benzene rings is 3. The predicted octanol–water partition coefficient (Wildman–Crippen LogP) is 5.08. The minimum absolute atomic E-state index is 0.198. The van der Waals surface area contributed by atoms with Crippen LogP contribution in [-0.2, 0) is 11.3 Å². The van der Waals surface area contributed by atoms with Gasteiger partial charge >= 0.3 is 0 Å². The second kappa shape index (κ2) is 10.4. The molecular weight excluding hydrogens is 346 g/mol. The fraction of sp³-hybridized carbons (Fsp3) is 0.200. The molecule has 0 spiro atoms. The molecule has 0 unspecified atom stereocenters. The molecule has 3 aromatic carbocycles. The number of hydrogen-bond donors (Lipinski definition) is 1. The zero-order valence-corrected chi connectivity index (χ0v) is 16.0. The van der Waals surface area contributed by atoms with Crippen LogP contribution in [0.3, 0.4) is 0 Å². The first-order chi connectivity index (χ1) is 13.7. The van der Waals surface area contributed by atoms with Gasteiger partial charge in [0.1, 0.15) is 6.04 Å². The van der Waals surface area contributed by atoms with Crippen molar-refractivity contribution in [2.75, 3.05) is 6.61 Å². The lowest BCUT2D eigenvalue weighted by Gasteiger charge is -2.28. The summed E-state index contributed by atoms with van der Waals surface area (Å²) in [6, 6.07) is 29.0. The van der Waals surface area contributed by atoms with Crippen molar-refractivity contribution in [2.24, 2.45) is 0 Å². The zero-order valence-electron chi connectivity index (χ0n) is 16.0. The normalized spacial score (nSPS) is 12.8. The molecule has 142 valence electrons. The van der Waals surface area contributed by atoms with Crippen LogP contribution in [0.2, 0.25) is 0 Å². The Balaban J connectivity index is 1.72. The van der Waals surface area contributed by atoms with Crippen molar-refractivity contribution in [2.45, 2.75) is 25.6 Å². The topological polar surface area (TPSA) is 32.7 Å². The quantitative estimate of drug-likeness (QED) is 0.465. The first kappa shape index (κ1) is 19.9. The number of ether oxygens (including phenoxy) is 1. The Hall–Kier alpha value is -2.90. The molecule has 0 radical (unpaired) electrons. The van der Waals surface area contributed by atoms with Crippen LogP contribution in [0.1, 0.15) is 29.7 Å². The van der Waals surface area contributed by atoms with Crippen molar-refractivity contribution in [1.82, 2.24) is 5.06 Å². The molecule has 0 aliphatic rings. The van der Waals surface area contributed by atoms with Gasteiger partial charge in [-0.3, -0.25) is 0 Å². The summed E-state index contributed by atoms with van der Waals surface area (Å²) in [5, 5.41) is 12.1. The maximum absolute atomic E-state index is 10.9. The van der Waals surface area contributed by atoms with Crippen LogP contribution < -0.4 is 0 Å². The van der Waals surface area contributed by atoms with Gasteiger partial charge in [0.05, 0.1) is 19.3 Å². The molecule has 0 saturated carbocycles. The summed E-state index contributed by atoms with van der Waals surface area (Å²) in [6.45, 7) is 2.75. The molecule has 2 atom stereocenters. The molecule has 1 N–H and O–H groups in total. The van der Waals surface area contributed by atoms with Crippen LogP contribution in [0.25, 0.3) is 0 Å². The van der Waals surface area contributed by atoms with Crippen LogP contribution in [0.5, 0.6) is 0 Å². The van der Waals surface area contributed by atoms with E-state index in [1.54, 1.807) is 0 Å². The van der Waals surface area contributed by atoms with Crippen LogP contribution in [0.15, 0.2) is 91.0 Å². The average Bonchev–Trinajstić information content (AvgIpc) is 2.77. The minimum Gasteiger partial charge on any atom is -0.374 e. The molecule has 3 heteroatoms. The number of nitrogens with zero attached hydrogens (tertiary/aromatic N) is 1. The smallest absolute Gasteiger partial charge is 0.120 e. The summed E-state index contributed by atoms with van der Waals surface area (Å²) >= 11 is 0. The van der Waals surface area contributed by atoms with Gasteiger partial charge < -0.3 is 9.94 Å². The van der Waals surface area contributed by atoms with Crippen molar-refractivity contribution < 1.29 is 9.94 Å². The highest BCUT2D eigenvalue weighted by Gasteiger charge is 2.22. The lowest BCUT2D eigenvalue weighted by atomic mass is 10.1. The van der Waals surface area contributed by atoms with Gasteiger partial charge in [0, 0.05) is 5.56 Å². The fourth-order valence-corrected chi connectivity index (χ4v) is 2.89. The van der Waals surface area contributed by atoms with Gasteiger partial charge in [-0.05, 0) is 30.2 Å². The van der Waals surface area contributed by atoms with Crippen LogP contribution in [-0.4, -0.2) is 22.9 Å². The molecule has 0 saturated heterocycles. The predicted molar refractivity (Wildman–Crippen MR) is 112 cm³/mol. The highest BCUT2D eigenvalue weighted by atomic mass is 16.5. The molecule has 28 heavy (non-hydrogen) atoms. The summed E-state index contributed by atoms with van der Waals surface area (Å²) < 4.78 is 5.87. The second-order valence-electron chi connectivity index (χ2n) is 6.62. The molecule has 0 aliphatic heterocycles. The molecule has 0 heterocycles. The molecule has 0 aliphatic carbocycles. The standard InChI is InChI=1S/C25H25NO2/c1-21(24-15-9-4-10-16-24)26(27)25(18-17-22-11-5-2-6-12-22)20-28-19-23-13-7-3-8-14-23/h2-16,21,25,27H,19-20H2,1H3/t21-,25+/m0/s1. The highest BCUT2D eigenvalue weighted by molar-refractivity contribution is 5.35. The van der Waals surface area contributed by atoms with E-state index in [1.165, 1.54) is 5.06 Å². The summed E-state index contributed by atoms with van der Waals surface area (Å²) in [6.07, 6.45) is 0. The molecule has 0 fully saturated rings. The van der Waals surface area contributed by atoms with E-state index in [2.05, 4.69) is 11.8 Å². The number of hydroxylamine groups is 2. The first-order valence-corrected chi connectivity index (χ1v) is 9.44. The lowest BCUT2D eigenvalue weighted by Crippen LogP contribution is -2.37. The van der Waals surface area contributed by atoms with Crippen LogP contribution >= 0.6 is 0 Å². The van der Waals surface area contributed by atoms with E-state index in [0.717, 1.165) is 16.7 Å². The van der Waals surface area contributed by atoms with E-state index >= 15 is 0 Å². The van der Waals surface area contributed by atoms with Gasteiger partial charge in [0.15, 0.2) is 0 Å². The summed E-state index contributed by atoms with van der Waals surface area (Å²) in [4.78, 5) is 0. The third kappa shape index (κ3) is 5.80. The molecule has 0 bridgehead atoms. The SMILES string of the molecule is C[C@@H](c1ccccc1)N(O)[C@H](C#Cc1ccccc1)COCc1ccccc1. The largest absolute Gasteiger partial charge is 0.374 e. The van der Waals surface area contributed by atoms with E-state index in [4.69, 9.17) is 4.74 Å². The summed E-state index contributed by atoms with van der Waals surface area (Å²) in [5.74, 6) is 6.32. The summed E-state index contributed by atoms with van der Waals surface area (Å²) in [7, 11) is 0.